The van der Waals surface area contributed by atoms with Gasteiger partial charge in [-0.3, -0.25) is 0 Å². The molecule has 78 valence electrons. The first-order valence-electron chi connectivity index (χ1n) is 5.57. The third kappa shape index (κ3) is 4.10. The Labute approximate surface area is 82.7 Å². The van der Waals surface area contributed by atoms with E-state index >= 15 is 0 Å². The zero-order chi connectivity index (χ0) is 9.73. The molecule has 1 fully saturated rings. The highest BCUT2D eigenvalue weighted by Crippen LogP contribution is 2.19. The monoisotopic (exact) mass is 184 g/mol. The molecule has 0 unspecified atom stereocenters. The van der Waals surface area contributed by atoms with Gasteiger partial charge in [0.15, 0.2) is 0 Å². The van der Waals surface area contributed by atoms with E-state index in [0.717, 1.165) is 13.1 Å². The van der Waals surface area contributed by atoms with Gasteiger partial charge < -0.3 is 10.2 Å². The SMILES string of the molecule is CCNCC(C)(C)CN1CCCC1. The van der Waals surface area contributed by atoms with Crippen LogP contribution >= 0.6 is 0 Å². The summed E-state index contributed by atoms with van der Waals surface area (Å²) >= 11 is 0. The van der Waals surface area contributed by atoms with Crippen LogP contribution in [0.3, 0.4) is 0 Å². The topological polar surface area (TPSA) is 15.3 Å². The Kier molecular flexibility index (Phi) is 4.20. The van der Waals surface area contributed by atoms with E-state index in [-0.39, 0.29) is 0 Å². The van der Waals surface area contributed by atoms with Crippen LogP contribution in [0.5, 0.6) is 0 Å². The molecule has 1 aliphatic rings. The molecule has 1 aliphatic heterocycles. The first-order chi connectivity index (χ1) is 6.14. The predicted octanol–water partition coefficient (Wildman–Crippen LogP) is 1.72. The fourth-order valence-electron chi connectivity index (χ4n) is 2.07. The highest BCUT2D eigenvalue weighted by molar-refractivity contribution is 4.78. The van der Waals surface area contributed by atoms with Crippen LogP contribution in [0.2, 0.25) is 0 Å². The number of hydrogen-bond donors (Lipinski definition) is 1. The minimum Gasteiger partial charge on any atom is -0.316 e. The lowest BCUT2D eigenvalue weighted by Crippen LogP contribution is -2.39. The summed E-state index contributed by atoms with van der Waals surface area (Å²) in [6, 6.07) is 0. The average Bonchev–Trinajstić information content (AvgIpc) is 2.52. The predicted molar refractivity (Wildman–Crippen MR) is 58.0 cm³/mol. The van der Waals surface area contributed by atoms with Gasteiger partial charge in [0.25, 0.3) is 0 Å². The van der Waals surface area contributed by atoms with E-state index < -0.39 is 0 Å². The second kappa shape index (κ2) is 4.97. The molecule has 1 saturated heterocycles. The van der Waals surface area contributed by atoms with Crippen molar-refractivity contribution in [3.63, 3.8) is 0 Å². The second-order valence-corrected chi connectivity index (χ2v) is 4.93. The molecule has 1 heterocycles. The van der Waals surface area contributed by atoms with Crippen LogP contribution in [0, 0.1) is 5.41 Å². The lowest BCUT2D eigenvalue weighted by molar-refractivity contribution is 0.205. The molecular weight excluding hydrogens is 160 g/mol. The zero-order valence-corrected chi connectivity index (χ0v) is 9.40. The maximum absolute atomic E-state index is 3.44. The largest absolute Gasteiger partial charge is 0.316 e. The van der Waals surface area contributed by atoms with E-state index in [2.05, 4.69) is 31.0 Å². The summed E-state index contributed by atoms with van der Waals surface area (Å²) in [4.78, 5) is 2.59. The van der Waals surface area contributed by atoms with Gasteiger partial charge in [-0.05, 0) is 37.9 Å². The molecule has 0 aromatic heterocycles. The molecule has 13 heavy (non-hydrogen) atoms. The maximum atomic E-state index is 3.44. The Balaban J connectivity index is 2.23. The van der Waals surface area contributed by atoms with Gasteiger partial charge in [0.2, 0.25) is 0 Å². The first kappa shape index (κ1) is 11.0. The van der Waals surface area contributed by atoms with Crippen LogP contribution in [0.1, 0.15) is 33.6 Å². The summed E-state index contributed by atoms with van der Waals surface area (Å²) in [5, 5.41) is 3.44. The van der Waals surface area contributed by atoms with Crippen LogP contribution in [0.25, 0.3) is 0 Å². The average molecular weight is 184 g/mol. The van der Waals surface area contributed by atoms with Gasteiger partial charge in [0.05, 0.1) is 0 Å². The van der Waals surface area contributed by atoms with E-state index in [4.69, 9.17) is 0 Å². The van der Waals surface area contributed by atoms with Gasteiger partial charge in [-0.2, -0.15) is 0 Å². The molecule has 0 spiro atoms. The molecule has 2 nitrogen and oxygen atoms in total. The first-order valence-corrected chi connectivity index (χ1v) is 5.57. The van der Waals surface area contributed by atoms with Gasteiger partial charge >= 0.3 is 0 Å². The van der Waals surface area contributed by atoms with E-state index in [1.54, 1.807) is 0 Å². The number of nitrogens with one attached hydrogen (secondary N) is 1. The fraction of sp³-hybridized carbons (Fsp3) is 1.00. The summed E-state index contributed by atoms with van der Waals surface area (Å²) in [5.74, 6) is 0. The highest BCUT2D eigenvalue weighted by Gasteiger charge is 2.22. The van der Waals surface area contributed by atoms with E-state index in [1.807, 2.05) is 0 Å². The molecule has 1 rings (SSSR count). The molecule has 0 radical (unpaired) electrons. The number of rotatable bonds is 5. The van der Waals surface area contributed by atoms with Gasteiger partial charge in [-0.1, -0.05) is 20.8 Å². The smallest absolute Gasteiger partial charge is 0.00448 e. The molecule has 0 bridgehead atoms. The zero-order valence-electron chi connectivity index (χ0n) is 9.40. The fourth-order valence-corrected chi connectivity index (χ4v) is 2.07. The minimum absolute atomic E-state index is 0.431. The summed E-state index contributed by atoms with van der Waals surface area (Å²) < 4.78 is 0. The van der Waals surface area contributed by atoms with Crippen LogP contribution < -0.4 is 5.32 Å². The quantitative estimate of drug-likeness (QED) is 0.700. The van der Waals surface area contributed by atoms with Crippen molar-refractivity contribution >= 4 is 0 Å². The number of nitrogens with zero attached hydrogens (tertiary/aromatic N) is 1. The van der Waals surface area contributed by atoms with Crippen molar-refractivity contribution in [2.45, 2.75) is 33.6 Å². The normalized spacial score (nSPS) is 19.6. The van der Waals surface area contributed by atoms with Crippen molar-refractivity contribution in [1.29, 1.82) is 0 Å². The van der Waals surface area contributed by atoms with Crippen LogP contribution in [-0.2, 0) is 0 Å². The molecule has 2 heteroatoms. The molecular formula is C11H24N2. The molecule has 0 aromatic carbocycles. The van der Waals surface area contributed by atoms with E-state index in [0.29, 0.717) is 5.41 Å². The Bertz CT molecular complexity index is 137. The minimum atomic E-state index is 0.431. The lowest BCUT2D eigenvalue weighted by Gasteiger charge is -2.30. The van der Waals surface area contributed by atoms with Gasteiger partial charge in [-0.15, -0.1) is 0 Å². The number of likely N-dealkylation sites (tertiary alicyclic amines) is 1. The molecule has 0 amide bonds. The number of hydrogen-bond acceptors (Lipinski definition) is 2. The maximum Gasteiger partial charge on any atom is 0.00448 e. The summed E-state index contributed by atoms with van der Waals surface area (Å²) in [5.41, 5.74) is 0.431. The summed E-state index contributed by atoms with van der Waals surface area (Å²) in [6.45, 7) is 13.0. The van der Waals surface area contributed by atoms with Gasteiger partial charge in [0, 0.05) is 13.1 Å². The third-order valence-corrected chi connectivity index (χ3v) is 2.70. The molecule has 0 aliphatic carbocycles. The van der Waals surface area contributed by atoms with Crippen molar-refractivity contribution in [2.24, 2.45) is 5.41 Å². The van der Waals surface area contributed by atoms with Crippen molar-refractivity contribution in [2.75, 3.05) is 32.7 Å². The molecule has 1 N–H and O–H groups in total. The van der Waals surface area contributed by atoms with Crippen LogP contribution in [0.4, 0.5) is 0 Å². The lowest BCUT2D eigenvalue weighted by atomic mass is 9.93. The van der Waals surface area contributed by atoms with Crippen molar-refractivity contribution in [1.82, 2.24) is 10.2 Å². The van der Waals surface area contributed by atoms with E-state index in [9.17, 15) is 0 Å². The highest BCUT2D eigenvalue weighted by atomic mass is 15.1. The molecule has 0 saturated carbocycles. The Morgan fingerprint density at radius 1 is 1.23 bits per heavy atom. The standard InChI is InChI=1S/C11H24N2/c1-4-12-9-11(2,3)10-13-7-5-6-8-13/h12H,4-10H2,1-3H3. The van der Waals surface area contributed by atoms with Crippen molar-refractivity contribution in [3.8, 4) is 0 Å². The van der Waals surface area contributed by atoms with Crippen LogP contribution in [-0.4, -0.2) is 37.6 Å². The Morgan fingerprint density at radius 3 is 2.38 bits per heavy atom. The molecule has 0 atom stereocenters. The Morgan fingerprint density at radius 2 is 1.85 bits per heavy atom. The van der Waals surface area contributed by atoms with Crippen molar-refractivity contribution < 1.29 is 0 Å². The second-order valence-electron chi connectivity index (χ2n) is 4.93. The third-order valence-electron chi connectivity index (χ3n) is 2.70. The Hall–Kier alpha value is -0.0800. The van der Waals surface area contributed by atoms with Gasteiger partial charge in [-0.25, -0.2) is 0 Å². The van der Waals surface area contributed by atoms with Crippen LogP contribution in [0.15, 0.2) is 0 Å². The van der Waals surface area contributed by atoms with E-state index in [1.165, 1.54) is 32.5 Å². The molecule has 0 aromatic rings. The summed E-state index contributed by atoms with van der Waals surface area (Å²) in [7, 11) is 0. The van der Waals surface area contributed by atoms with Gasteiger partial charge in [0.1, 0.15) is 0 Å². The van der Waals surface area contributed by atoms with Crippen molar-refractivity contribution in [3.05, 3.63) is 0 Å². The summed E-state index contributed by atoms with van der Waals surface area (Å²) in [6.07, 6.45) is 2.80.